The maximum Gasteiger partial charge on any atom is 0.230 e. The molecule has 2 unspecified atom stereocenters. The molecular weight excluding hydrogens is 388 g/mol. The number of benzene rings is 2. The van der Waals surface area contributed by atoms with Crippen LogP contribution in [0.2, 0.25) is 0 Å². The number of likely N-dealkylation sites (N-methyl/N-ethyl adjacent to an activating group) is 1. The molecule has 2 aromatic carbocycles. The molecule has 3 rings (SSSR count). The van der Waals surface area contributed by atoms with Gasteiger partial charge in [0.15, 0.2) is 0 Å². The van der Waals surface area contributed by atoms with Crippen molar-refractivity contribution in [1.29, 1.82) is 0 Å². The van der Waals surface area contributed by atoms with Gasteiger partial charge in [0, 0.05) is 19.1 Å². The molecule has 0 bridgehead atoms. The summed E-state index contributed by atoms with van der Waals surface area (Å²) >= 11 is 1.82. The van der Waals surface area contributed by atoms with Crippen LogP contribution in [0.4, 0.5) is 0 Å². The molecule has 1 fully saturated rings. The third kappa shape index (κ3) is 6.12. The number of amides is 1. The van der Waals surface area contributed by atoms with Crippen LogP contribution in [0.5, 0.6) is 0 Å². The van der Waals surface area contributed by atoms with Crippen molar-refractivity contribution in [2.24, 2.45) is 5.92 Å². The van der Waals surface area contributed by atoms with Crippen LogP contribution in [0, 0.1) is 5.92 Å². The zero-order chi connectivity index (χ0) is 21.3. The highest BCUT2D eigenvalue weighted by Gasteiger charge is 2.32. The van der Waals surface area contributed by atoms with Crippen molar-refractivity contribution in [3.8, 4) is 0 Å². The molecule has 1 heterocycles. The van der Waals surface area contributed by atoms with Crippen LogP contribution >= 0.6 is 11.8 Å². The Hall–Kier alpha value is -1.78. The van der Waals surface area contributed by atoms with Gasteiger partial charge in [-0.2, -0.15) is 11.8 Å². The van der Waals surface area contributed by atoms with Gasteiger partial charge in [-0.15, -0.1) is 0 Å². The molecule has 0 aliphatic carbocycles. The van der Waals surface area contributed by atoms with Gasteiger partial charge in [-0.05, 0) is 68.8 Å². The molecule has 0 radical (unpaired) electrons. The Morgan fingerprint density at radius 3 is 2.20 bits per heavy atom. The summed E-state index contributed by atoms with van der Waals surface area (Å²) in [4.78, 5) is 17.9. The van der Waals surface area contributed by atoms with Crippen molar-refractivity contribution in [3.63, 3.8) is 0 Å². The maximum absolute atomic E-state index is 13.4. The van der Waals surface area contributed by atoms with Gasteiger partial charge >= 0.3 is 0 Å². The number of nitrogens with zero attached hydrogens (tertiary/aromatic N) is 2. The zero-order valence-corrected chi connectivity index (χ0v) is 19.5. The minimum atomic E-state index is -0.0100. The predicted octanol–water partition coefficient (Wildman–Crippen LogP) is 4.93. The monoisotopic (exact) mass is 424 g/mol. The Bertz CT molecular complexity index is 757. The second-order valence-corrected chi connectivity index (χ2v) is 9.61. The number of hydrogen-bond donors (Lipinski definition) is 0. The van der Waals surface area contributed by atoms with Crippen molar-refractivity contribution in [2.45, 2.75) is 37.6 Å². The Labute approximate surface area is 186 Å². The lowest BCUT2D eigenvalue weighted by Crippen LogP contribution is -2.46. The number of likely N-dealkylation sites (tertiary alicyclic amines) is 1. The lowest BCUT2D eigenvalue weighted by molar-refractivity contribution is -0.134. The summed E-state index contributed by atoms with van der Waals surface area (Å²) in [6.07, 6.45) is 6.29. The van der Waals surface area contributed by atoms with Gasteiger partial charge in [-0.3, -0.25) is 4.79 Å². The lowest BCUT2D eigenvalue weighted by atomic mass is 9.84. The standard InChI is InChI=1S/C26H36N2OS/c1-27(2)25(20-21-10-6-4-7-11-21)23-14-17-28(18-15-23)26(29)24(16-19-30-3)22-12-8-5-9-13-22/h4-13,23-25H,14-20H2,1-3H3. The predicted molar refractivity (Wildman–Crippen MR) is 129 cm³/mol. The van der Waals surface area contributed by atoms with Crippen LogP contribution in [0.25, 0.3) is 0 Å². The van der Waals surface area contributed by atoms with Gasteiger partial charge in [0.05, 0.1) is 5.92 Å². The van der Waals surface area contributed by atoms with E-state index in [1.807, 2.05) is 30.0 Å². The second kappa shape index (κ2) is 11.6. The molecule has 3 nitrogen and oxygen atoms in total. The van der Waals surface area contributed by atoms with E-state index in [9.17, 15) is 4.79 Å². The van der Waals surface area contributed by atoms with Gasteiger partial charge in [0.25, 0.3) is 0 Å². The third-order valence-electron chi connectivity index (χ3n) is 6.46. The van der Waals surface area contributed by atoms with E-state index >= 15 is 0 Å². The van der Waals surface area contributed by atoms with Crippen LogP contribution in [0.1, 0.15) is 36.3 Å². The SMILES string of the molecule is CSCCC(C(=O)N1CCC(C(Cc2ccccc2)N(C)C)CC1)c1ccccc1. The number of thioether (sulfide) groups is 1. The highest BCUT2D eigenvalue weighted by atomic mass is 32.2. The van der Waals surface area contributed by atoms with E-state index in [1.54, 1.807) is 0 Å². The quantitative estimate of drug-likeness (QED) is 0.570. The number of carbonyl (C=O) groups excluding carboxylic acids is 1. The number of carbonyl (C=O) groups is 1. The Kier molecular flexibility index (Phi) is 8.83. The zero-order valence-electron chi connectivity index (χ0n) is 18.7. The summed E-state index contributed by atoms with van der Waals surface area (Å²) in [5, 5.41) is 0. The van der Waals surface area contributed by atoms with Crippen LogP contribution in [-0.4, -0.2) is 60.9 Å². The van der Waals surface area contributed by atoms with E-state index in [2.05, 4.69) is 72.6 Å². The summed E-state index contributed by atoms with van der Waals surface area (Å²) in [6, 6.07) is 21.6. The van der Waals surface area contributed by atoms with Crippen LogP contribution in [0.15, 0.2) is 60.7 Å². The van der Waals surface area contributed by atoms with E-state index in [4.69, 9.17) is 0 Å². The normalized spacial score (nSPS) is 17.1. The van der Waals surface area contributed by atoms with Crippen molar-refractivity contribution >= 4 is 17.7 Å². The van der Waals surface area contributed by atoms with Crippen molar-refractivity contribution in [2.75, 3.05) is 39.2 Å². The summed E-state index contributed by atoms with van der Waals surface area (Å²) in [5.41, 5.74) is 2.56. The fourth-order valence-corrected chi connectivity index (χ4v) is 5.18. The van der Waals surface area contributed by atoms with Gasteiger partial charge < -0.3 is 9.80 Å². The average Bonchev–Trinajstić information content (AvgIpc) is 2.79. The highest BCUT2D eigenvalue weighted by molar-refractivity contribution is 7.98. The van der Waals surface area contributed by atoms with Crippen LogP contribution in [0.3, 0.4) is 0 Å². The van der Waals surface area contributed by atoms with Crippen LogP contribution in [-0.2, 0) is 11.2 Å². The first kappa shape index (κ1) is 22.9. The van der Waals surface area contributed by atoms with Gasteiger partial charge in [-0.1, -0.05) is 60.7 Å². The van der Waals surface area contributed by atoms with Crippen molar-refractivity contribution < 1.29 is 4.79 Å². The molecular formula is C26H36N2OS. The molecule has 1 aliphatic rings. The first-order valence-electron chi connectivity index (χ1n) is 11.1. The van der Waals surface area contributed by atoms with Gasteiger partial charge in [0.1, 0.15) is 0 Å². The molecule has 0 spiro atoms. The van der Waals surface area contributed by atoms with Crippen LogP contribution < -0.4 is 0 Å². The summed E-state index contributed by atoms with van der Waals surface area (Å²) in [5.74, 6) is 1.95. The summed E-state index contributed by atoms with van der Waals surface area (Å²) < 4.78 is 0. The minimum Gasteiger partial charge on any atom is -0.342 e. The Morgan fingerprint density at radius 2 is 1.63 bits per heavy atom. The van der Waals surface area contributed by atoms with E-state index in [0.717, 1.165) is 50.1 Å². The average molecular weight is 425 g/mol. The number of piperidine rings is 1. The fourth-order valence-electron chi connectivity index (χ4n) is 4.71. The van der Waals surface area contributed by atoms with E-state index in [-0.39, 0.29) is 5.92 Å². The van der Waals surface area contributed by atoms with Gasteiger partial charge in [0.2, 0.25) is 5.91 Å². The van der Waals surface area contributed by atoms with E-state index in [1.165, 1.54) is 5.56 Å². The molecule has 0 saturated carbocycles. The molecule has 2 aromatic rings. The molecule has 30 heavy (non-hydrogen) atoms. The molecule has 4 heteroatoms. The number of hydrogen-bond acceptors (Lipinski definition) is 3. The molecule has 0 N–H and O–H groups in total. The third-order valence-corrected chi connectivity index (χ3v) is 7.10. The smallest absolute Gasteiger partial charge is 0.230 e. The molecule has 1 aliphatic heterocycles. The summed E-state index contributed by atoms with van der Waals surface area (Å²) in [6.45, 7) is 1.76. The molecule has 1 amide bonds. The number of rotatable bonds is 9. The highest BCUT2D eigenvalue weighted by Crippen LogP contribution is 2.29. The van der Waals surface area contributed by atoms with Crippen molar-refractivity contribution in [1.82, 2.24) is 9.80 Å². The van der Waals surface area contributed by atoms with Crippen molar-refractivity contribution in [3.05, 3.63) is 71.8 Å². The molecule has 0 aromatic heterocycles. The second-order valence-electron chi connectivity index (χ2n) is 8.63. The topological polar surface area (TPSA) is 23.6 Å². The molecule has 2 atom stereocenters. The summed E-state index contributed by atoms with van der Waals surface area (Å²) in [7, 11) is 4.39. The fraction of sp³-hybridized carbons (Fsp3) is 0.500. The first-order valence-corrected chi connectivity index (χ1v) is 12.5. The Morgan fingerprint density at radius 1 is 1.03 bits per heavy atom. The molecule has 1 saturated heterocycles. The van der Waals surface area contributed by atoms with E-state index in [0.29, 0.717) is 17.9 Å². The lowest BCUT2D eigenvalue weighted by Gasteiger charge is -2.40. The minimum absolute atomic E-state index is 0.0100. The largest absolute Gasteiger partial charge is 0.342 e. The first-order chi connectivity index (χ1) is 14.6. The molecule has 162 valence electrons. The Balaban J connectivity index is 1.63. The maximum atomic E-state index is 13.4. The van der Waals surface area contributed by atoms with E-state index < -0.39 is 0 Å². The van der Waals surface area contributed by atoms with Gasteiger partial charge in [-0.25, -0.2) is 0 Å².